The largest absolute Gasteiger partial charge is 0.508 e. The number of benzene rings is 2. The van der Waals surface area contributed by atoms with Gasteiger partial charge in [-0.3, -0.25) is 19.2 Å². The average Bonchev–Trinajstić information content (AvgIpc) is 2.96. The zero-order valence-electron chi connectivity index (χ0n) is 23.7. The van der Waals surface area contributed by atoms with Crippen molar-refractivity contribution in [3.05, 3.63) is 59.7 Å². The van der Waals surface area contributed by atoms with E-state index < -0.39 is 53.8 Å². The molecule has 0 heterocycles. The van der Waals surface area contributed by atoms with Gasteiger partial charge in [-0.15, -0.1) is 0 Å². The third kappa shape index (κ3) is 12.4. The van der Waals surface area contributed by atoms with Gasteiger partial charge < -0.3 is 48.5 Å². The van der Waals surface area contributed by atoms with E-state index >= 15 is 0 Å². The lowest BCUT2D eigenvalue weighted by molar-refractivity contribution is -0.142. The van der Waals surface area contributed by atoms with Gasteiger partial charge in [0.25, 0.3) is 0 Å². The van der Waals surface area contributed by atoms with Gasteiger partial charge in [-0.1, -0.05) is 30.7 Å². The minimum absolute atomic E-state index is 0.00849. The Hall–Kier alpha value is -4.69. The van der Waals surface area contributed by atoms with Crippen molar-refractivity contribution in [2.24, 2.45) is 17.2 Å². The SMILES string of the molecule is NCCCCC(N)C(=O)NC(CCC(N)=O)C(=O)NC(Cc1ccc(O)cc1)C(=O)NC(Cc1ccc(O)cc1)C(=O)O. The lowest BCUT2D eigenvalue weighted by Gasteiger charge is -2.25. The van der Waals surface area contributed by atoms with Crippen LogP contribution in [0.2, 0.25) is 0 Å². The molecular formula is C29H40N6O8. The number of hydrogen-bond acceptors (Lipinski definition) is 9. The minimum atomic E-state index is -1.38. The van der Waals surface area contributed by atoms with E-state index in [1.165, 1.54) is 48.5 Å². The number of nitrogens with two attached hydrogens (primary N) is 3. The molecule has 2 aromatic carbocycles. The first-order valence-electron chi connectivity index (χ1n) is 13.8. The fourth-order valence-electron chi connectivity index (χ4n) is 4.16. The maximum absolute atomic E-state index is 13.4. The van der Waals surface area contributed by atoms with Gasteiger partial charge in [-0.05, 0) is 61.2 Å². The molecule has 0 saturated heterocycles. The highest BCUT2D eigenvalue weighted by Crippen LogP contribution is 2.14. The van der Waals surface area contributed by atoms with Crippen LogP contribution in [0.5, 0.6) is 11.5 Å². The van der Waals surface area contributed by atoms with Crippen LogP contribution < -0.4 is 33.2 Å². The number of carbonyl (C=O) groups excluding carboxylic acids is 4. The Morgan fingerprint density at radius 1 is 0.674 bits per heavy atom. The molecule has 0 spiro atoms. The monoisotopic (exact) mass is 600 g/mol. The molecule has 0 saturated carbocycles. The van der Waals surface area contributed by atoms with E-state index in [0.29, 0.717) is 36.9 Å². The zero-order chi connectivity index (χ0) is 31.9. The number of rotatable bonds is 18. The standard InChI is InChI=1S/C29H40N6O8/c30-14-2-1-3-21(31)26(39)33-22(12-13-25(32)38)27(40)34-23(15-17-4-8-19(36)9-5-17)28(41)35-24(29(42)43)16-18-6-10-20(37)11-7-18/h4-11,21-24,36-37H,1-3,12-16,30-31H2,(H2,32,38)(H,33,39)(H,34,40)(H,35,41)(H,42,43). The van der Waals surface area contributed by atoms with Crippen LogP contribution in [-0.4, -0.2) is 75.6 Å². The van der Waals surface area contributed by atoms with Crippen LogP contribution in [0.1, 0.15) is 43.2 Å². The minimum Gasteiger partial charge on any atom is -0.508 e. The molecule has 2 rings (SSSR count). The first kappa shape index (κ1) is 34.5. The van der Waals surface area contributed by atoms with E-state index in [4.69, 9.17) is 17.2 Å². The summed E-state index contributed by atoms with van der Waals surface area (Å²) in [5.41, 5.74) is 17.7. The predicted octanol–water partition coefficient (Wildman–Crippen LogP) is -0.856. The third-order valence-corrected chi connectivity index (χ3v) is 6.62. The summed E-state index contributed by atoms with van der Waals surface area (Å²) in [4.78, 5) is 62.9. The number of aliphatic carboxylic acids is 1. The summed E-state index contributed by atoms with van der Waals surface area (Å²) in [5, 5.41) is 36.4. The molecule has 2 aromatic rings. The predicted molar refractivity (Wildman–Crippen MR) is 156 cm³/mol. The third-order valence-electron chi connectivity index (χ3n) is 6.62. The van der Waals surface area contributed by atoms with Crippen molar-refractivity contribution in [2.75, 3.05) is 6.54 Å². The van der Waals surface area contributed by atoms with Crippen LogP contribution in [-0.2, 0) is 36.8 Å². The fraction of sp³-hybridized carbons (Fsp3) is 0.414. The summed E-state index contributed by atoms with van der Waals surface area (Å²) in [6.45, 7) is 0.431. The summed E-state index contributed by atoms with van der Waals surface area (Å²) < 4.78 is 0. The number of hydrogen-bond donors (Lipinski definition) is 9. The number of carboxylic acids is 1. The topological polar surface area (TPSA) is 260 Å². The van der Waals surface area contributed by atoms with Crippen LogP contribution in [0.15, 0.2) is 48.5 Å². The van der Waals surface area contributed by atoms with Crippen LogP contribution >= 0.6 is 0 Å². The maximum Gasteiger partial charge on any atom is 0.326 e. The highest BCUT2D eigenvalue weighted by molar-refractivity contribution is 5.94. The average molecular weight is 601 g/mol. The van der Waals surface area contributed by atoms with Crippen molar-refractivity contribution in [1.29, 1.82) is 0 Å². The quantitative estimate of drug-likeness (QED) is 0.0956. The number of unbranched alkanes of at least 4 members (excludes halogenated alkanes) is 1. The summed E-state index contributed by atoms with van der Waals surface area (Å²) in [7, 11) is 0. The van der Waals surface area contributed by atoms with Gasteiger partial charge in [-0.25, -0.2) is 4.79 Å². The van der Waals surface area contributed by atoms with E-state index in [0.717, 1.165) is 0 Å². The second-order valence-electron chi connectivity index (χ2n) is 10.2. The Balaban J connectivity index is 2.26. The first-order valence-corrected chi connectivity index (χ1v) is 13.8. The number of nitrogens with one attached hydrogen (secondary N) is 3. The van der Waals surface area contributed by atoms with Crippen LogP contribution in [0.3, 0.4) is 0 Å². The van der Waals surface area contributed by atoms with E-state index in [-0.39, 0.29) is 37.2 Å². The van der Waals surface area contributed by atoms with Gasteiger partial charge in [0.2, 0.25) is 23.6 Å². The Morgan fingerprint density at radius 2 is 1.14 bits per heavy atom. The van der Waals surface area contributed by atoms with Gasteiger partial charge in [0.05, 0.1) is 6.04 Å². The highest BCUT2D eigenvalue weighted by Gasteiger charge is 2.31. The van der Waals surface area contributed by atoms with E-state index in [9.17, 15) is 39.3 Å². The van der Waals surface area contributed by atoms with Crippen molar-refractivity contribution in [3.8, 4) is 11.5 Å². The normalized spacial score (nSPS) is 13.6. The fourth-order valence-corrected chi connectivity index (χ4v) is 4.16. The molecule has 0 aliphatic rings. The Kier molecular flexibility index (Phi) is 13.9. The molecule has 4 atom stereocenters. The molecular weight excluding hydrogens is 560 g/mol. The Bertz CT molecular complexity index is 1240. The summed E-state index contributed by atoms with van der Waals surface area (Å²) >= 11 is 0. The zero-order valence-corrected chi connectivity index (χ0v) is 23.7. The van der Waals surface area contributed by atoms with E-state index in [1.807, 2.05) is 0 Å². The van der Waals surface area contributed by atoms with Crippen LogP contribution in [0, 0.1) is 0 Å². The first-order chi connectivity index (χ1) is 20.4. The van der Waals surface area contributed by atoms with Crippen molar-refractivity contribution >= 4 is 29.6 Å². The van der Waals surface area contributed by atoms with Crippen LogP contribution in [0.4, 0.5) is 0 Å². The molecule has 43 heavy (non-hydrogen) atoms. The van der Waals surface area contributed by atoms with Crippen molar-refractivity contribution in [1.82, 2.24) is 16.0 Å². The molecule has 234 valence electrons. The van der Waals surface area contributed by atoms with Gasteiger partial charge in [0, 0.05) is 19.3 Å². The molecule has 0 fully saturated rings. The molecule has 0 aliphatic heterocycles. The van der Waals surface area contributed by atoms with Crippen molar-refractivity contribution in [2.45, 2.75) is 69.1 Å². The lowest BCUT2D eigenvalue weighted by atomic mass is 10.0. The van der Waals surface area contributed by atoms with Gasteiger partial charge in [-0.2, -0.15) is 0 Å². The van der Waals surface area contributed by atoms with E-state index in [2.05, 4.69) is 16.0 Å². The summed E-state index contributed by atoms with van der Waals surface area (Å²) in [6, 6.07) is 6.71. The molecule has 0 bridgehead atoms. The summed E-state index contributed by atoms with van der Waals surface area (Å²) in [6.07, 6.45) is 0.936. The molecule has 14 heteroatoms. The number of carboxylic acid groups (broad SMARTS) is 1. The molecule has 12 N–H and O–H groups in total. The highest BCUT2D eigenvalue weighted by atomic mass is 16.4. The van der Waals surface area contributed by atoms with E-state index in [1.54, 1.807) is 0 Å². The Morgan fingerprint density at radius 3 is 1.63 bits per heavy atom. The molecule has 0 aliphatic carbocycles. The van der Waals surface area contributed by atoms with Gasteiger partial charge in [0.15, 0.2) is 0 Å². The number of phenols is 2. The number of carbonyl (C=O) groups is 5. The van der Waals surface area contributed by atoms with Crippen molar-refractivity contribution in [3.63, 3.8) is 0 Å². The van der Waals surface area contributed by atoms with Gasteiger partial charge in [0.1, 0.15) is 29.6 Å². The second-order valence-corrected chi connectivity index (χ2v) is 10.2. The molecule has 4 unspecified atom stereocenters. The Labute approximate surface area is 249 Å². The molecule has 0 aromatic heterocycles. The molecule has 14 nitrogen and oxygen atoms in total. The number of amides is 4. The lowest BCUT2D eigenvalue weighted by Crippen LogP contribution is -2.58. The van der Waals surface area contributed by atoms with Gasteiger partial charge >= 0.3 is 5.97 Å². The maximum atomic E-state index is 13.4. The van der Waals surface area contributed by atoms with Crippen LogP contribution in [0.25, 0.3) is 0 Å². The number of phenolic OH excluding ortho intramolecular Hbond substituents is 2. The number of aromatic hydroxyl groups is 2. The smallest absolute Gasteiger partial charge is 0.326 e. The number of primary amides is 1. The summed E-state index contributed by atoms with van der Waals surface area (Å²) in [5.74, 6) is -4.35. The molecule has 0 radical (unpaired) electrons. The second kappa shape index (κ2) is 17.3. The molecule has 4 amide bonds. The van der Waals surface area contributed by atoms with Crippen molar-refractivity contribution < 1.29 is 39.3 Å².